The minimum absolute atomic E-state index is 0.486. The average molecular weight is 381 g/mol. The molecule has 0 heteroatoms. The van der Waals surface area contributed by atoms with Gasteiger partial charge in [0.2, 0.25) is 0 Å². The maximum atomic E-state index is 2.66. The molecular weight excluding hydrogens is 336 g/mol. The van der Waals surface area contributed by atoms with E-state index in [1.807, 2.05) is 5.57 Å². The SMILES string of the molecule is CC(C)[C@H](C)C=C[C@@H](C)[C@H]1CC[C@H]2C3=CC=C4CCCC[C@]4(C)[C@H]3CC[C@]12C. The first kappa shape index (κ1) is 20.5. The Morgan fingerprint density at radius 3 is 2.43 bits per heavy atom. The van der Waals surface area contributed by atoms with Gasteiger partial charge in [-0.25, -0.2) is 0 Å². The van der Waals surface area contributed by atoms with Gasteiger partial charge in [0.15, 0.2) is 0 Å². The van der Waals surface area contributed by atoms with E-state index in [-0.39, 0.29) is 0 Å². The Morgan fingerprint density at radius 2 is 1.68 bits per heavy atom. The highest BCUT2D eigenvalue weighted by molar-refractivity contribution is 5.38. The Morgan fingerprint density at radius 1 is 0.893 bits per heavy atom. The molecule has 4 aliphatic rings. The van der Waals surface area contributed by atoms with Gasteiger partial charge in [0.05, 0.1) is 0 Å². The summed E-state index contributed by atoms with van der Waals surface area (Å²) in [6.07, 6.45) is 21.7. The molecule has 0 amide bonds. The monoisotopic (exact) mass is 380 g/mol. The third-order valence-electron chi connectivity index (χ3n) is 9.96. The van der Waals surface area contributed by atoms with Gasteiger partial charge in [-0.2, -0.15) is 0 Å². The predicted molar refractivity (Wildman–Crippen MR) is 122 cm³/mol. The molecule has 4 aliphatic carbocycles. The van der Waals surface area contributed by atoms with Crippen molar-refractivity contribution in [1.29, 1.82) is 0 Å². The molecule has 0 aliphatic heterocycles. The van der Waals surface area contributed by atoms with Crippen LogP contribution in [-0.2, 0) is 0 Å². The van der Waals surface area contributed by atoms with Crippen molar-refractivity contribution in [3.8, 4) is 0 Å². The molecule has 0 aromatic rings. The third kappa shape index (κ3) is 3.18. The van der Waals surface area contributed by atoms with Crippen molar-refractivity contribution in [3.63, 3.8) is 0 Å². The lowest BCUT2D eigenvalue weighted by molar-refractivity contribution is 0.0575. The normalized spacial score (nSPS) is 42.5. The van der Waals surface area contributed by atoms with E-state index in [9.17, 15) is 0 Å². The zero-order valence-corrected chi connectivity index (χ0v) is 19.4. The van der Waals surface area contributed by atoms with Gasteiger partial charge in [-0.3, -0.25) is 0 Å². The van der Waals surface area contributed by atoms with Crippen molar-refractivity contribution < 1.29 is 0 Å². The summed E-state index contributed by atoms with van der Waals surface area (Å²) in [5, 5.41) is 0. The van der Waals surface area contributed by atoms with Crippen molar-refractivity contribution >= 4 is 0 Å². The Balaban J connectivity index is 1.57. The summed E-state index contributed by atoms with van der Waals surface area (Å²) in [7, 11) is 0. The van der Waals surface area contributed by atoms with E-state index in [2.05, 4.69) is 65.8 Å². The van der Waals surface area contributed by atoms with Gasteiger partial charge < -0.3 is 0 Å². The molecule has 0 unspecified atom stereocenters. The fourth-order valence-electron chi connectivity index (χ4n) is 7.65. The van der Waals surface area contributed by atoms with Gasteiger partial charge in [0, 0.05) is 0 Å². The molecule has 0 aromatic heterocycles. The third-order valence-corrected chi connectivity index (χ3v) is 9.96. The maximum absolute atomic E-state index is 2.66. The molecule has 7 atom stereocenters. The molecule has 28 heavy (non-hydrogen) atoms. The minimum atomic E-state index is 0.486. The molecule has 3 fully saturated rings. The lowest BCUT2D eigenvalue weighted by atomic mass is 9.50. The number of rotatable bonds is 4. The van der Waals surface area contributed by atoms with Crippen LogP contribution in [0.4, 0.5) is 0 Å². The van der Waals surface area contributed by atoms with Gasteiger partial charge in [0.1, 0.15) is 0 Å². The highest BCUT2D eigenvalue weighted by atomic mass is 14.6. The fraction of sp³-hybridized carbons (Fsp3) is 0.786. The second-order valence-electron chi connectivity index (χ2n) is 11.7. The molecule has 0 radical (unpaired) electrons. The zero-order chi connectivity index (χ0) is 20.1. The van der Waals surface area contributed by atoms with E-state index < -0.39 is 0 Å². The van der Waals surface area contributed by atoms with Gasteiger partial charge in [0.25, 0.3) is 0 Å². The van der Waals surface area contributed by atoms with Crippen molar-refractivity contribution in [2.24, 2.45) is 46.3 Å². The van der Waals surface area contributed by atoms with Gasteiger partial charge in [-0.15, -0.1) is 0 Å². The molecule has 0 saturated heterocycles. The predicted octanol–water partition coefficient (Wildman–Crippen LogP) is 8.36. The van der Waals surface area contributed by atoms with Crippen LogP contribution in [0.5, 0.6) is 0 Å². The number of hydrogen-bond acceptors (Lipinski definition) is 0. The first-order valence-corrected chi connectivity index (χ1v) is 12.4. The molecule has 156 valence electrons. The molecule has 3 saturated carbocycles. The van der Waals surface area contributed by atoms with E-state index in [1.54, 1.807) is 5.57 Å². The molecular formula is C28H44. The summed E-state index contributed by atoms with van der Waals surface area (Å²) in [5.74, 6) is 4.70. The lowest BCUT2D eigenvalue weighted by Gasteiger charge is -2.54. The van der Waals surface area contributed by atoms with Crippen LogP contribution in [0.2, 0.25) is 0 Å². The van der Waals surface area contributed by atoms with Crippen molar-refractivity contribution in [2.45, 2.75) is 92.9 Å². The van der Waals surface area contributed by atoms with Crippen LogP contribution < -0.4 is 0 Å². The Labute approximate surface area is 175 Å². The summed E-state index contributed by atoms with van der Waals surface area (Å²) < 4.78 is 0. The second kappa shape index (κ2) is 7.48. The van der Waals surface area contributed by atoms with Gasteiger partial charge in [-0.05, 0) is 91.3 Å². The van der Waals surface area contributed by atoms with Crippen LogP contribution in [0.3, 0.4) is 0 Å². The van der Waals surface area contributed by atoms with Crippen LogP contribution in [0.15, 0.2) is 35.5 Å². The summed E-state index contributed by atoms with van der Waals surface area (Å²) >= 11 is 0. The van der Waals surface area contributed by atoms with Gasteiger partial charge in [-0.1, -0.05) is 83.4 Å². The summed E-state index contributed by atoms with van der Waals surface area (Å²) in [5.41, 5.74) is 4.64. The zero-order valence-electron chi connectivity index (χ0n) is 19.4. The van der Waals surface area contributed by atoms with Crippen molar-refractivity contribution in [1.82, 2.24) is 0 Å². The molecule has 0 nitrogen and oxygen atoms in total. The summed E-state index contributed by atoms with van der Waals surface area (Å²) in [6, 6.07) is 0. The van der Waals surface area contributed by atoms with Gasteiger partial charge >= 0.3 is 0 Å². The van der Waals surface area contributed by atoms with Crippen molar-refractivity contribution in [2.75, 3.05) is 0 Å². The Hall–Kier alpha value is -0.780. The standard InChI is InChI=1S/C28H44/c1-19(2)20(3)10-11-21(4)24-14-15-25-23-13-12-22-9-7-8-17-27(22,5)26(23)16-18-28(24,25)6/h10-13,19-21,24-26H,7-9,14-18H2,1-6H3/t20-,21-,24-,25+,26+,27+,28-/m1/s1. The average Bonchev–Trinajstić information content (AvgIpc) is 3.02. The topological polar surface area (TPSA) is 0 Å². The van der Waals surface area contributed by atoms with E-state index in [0.29, 0.717) is 22.7 Å². The smallest absolute Gasteiger partial charge is 0.00476 e. The number of hydrogen-bond donors (Lipinski definition) is 0. The number of allylic oxidation sites excluding steroid dienone is 6. The van der Waals surface area contributed by atoms with Crippen LogP contribution in [-0.4, -0.2) is 0 Å². The molecule has 0 aromatic carbocycles. The van der Waals surface area contributed by atoms with Crippen LogP contribution in [0, 0.1) is 46.3 Å². The minimum Gasteiger partial charge on any atom is -0.0852 e. The molecule has 0 heterocycles. The first-order chi connectivity index (χ1) is 13.3. The Kier molecular flexibility index (Phi) is 5.47. The number of fused-ring (bicyclic) bond motifs is 5. The first-order valence-electron chi connectivity index (χ1n) is 12.4. The molecule has 4 rings (SSSR count). The van der Waals surface area contributed by atoms with Crippen molar-refractivity contribution in [3.05, 3.63) is 35.5 Å². The summed E-state index contributed by atoms with van der Waals surface area (Å²) in [4.78, 5) is 0. The van der Waals surface area contributed by atoms with E-state index in [0.717, 1.165) is 23.7 Å². The quantitative estimate of drug-likeness (QED) is 0.430. The highest BCUT2D eigenvalue weighted by Crippen LogP contribution is 2.65. The summed E-state index contributed by atoms with van der Waals surface area (Å²) in [6.45, 7) is 14.8. The Bertz CT molecular complexity index is 676. The van der Waals surface area contributed by atoms with E-state index >= 15 is 0 Å². The van der Waals surface area contributed by atoms with Crippen LogP contribution >= 0.6 is 0 Å². The lowest BCUT2D eigenvalue weighted by Crippen LogP contribution is -2.45. The highest BCUT2D eigenvalue weighted by Gasteiger charge is 2.56. The second-order valence-corrected chi connectivity index (χ2v) is 11.7. The van der Waals surface area contributed by atoms with E-state index in [1.165, 1.54) is 51.4 Å². The largest absolute Gasteiger partial charge is 0.0852 e. The van der Waals surface area contributed by atoms with Crippen LogP contribution in [0.1, 0.15) is 92.9 Å². The van der Waals surface area contributed by atoms with Crippen LogP contribution in [0.25, 0.3) is 0 Å². The molecule has 0 N–H and O–H groups in total. The molecule has 0 spiro atoms. The maximum Gasteiger partial charge on any atom is -0.00476 e. The molecule has 0 bridgehead atoms. The fourth-order valence-corrected chi connectivity index (χ4v) is 7.65. The van der Waals surface area contributed by atoms with E-state index in [4.69, 9.17) is 0 Å².